The van der Waals surface area contributed by atoms with E-state index in [0.717, 1.165) is 6.04 Å². The Morgan fingerprint density at radius 3 is 2.67 bits per heavy atom. The van der Waals surface area contributed by atoms with Crippen LogP contribution in [0.25, 0.3) is 10.9 Å². The molecule has 0 amide bonds. The van der Waals surface area contributed by atoms with Gasteiger partial charge in [0.05, 0.1) is 0 Å². The van der Waals surface area contributed by atoms with E-state index in [1.54, 1.807) is 0 Å². The van der Waals surface area contributed by atoms with Gasteiger partial charge < -0.3 is 4.57 Å². The molecular formula is C14H17N. The van der Waals surface area contributed by atoms with E-state index in [0.29, 0.717) is 0 Å². The number of aryl methyl sites for hydroxylation is 1. The van der Waals surface area contributed by atoms with Crippen molar-refractivity contribution in [2.75, 3.05) is 0 Å². The van der Waals surface area contributed by atoms with E-state index < -0.39 is 0 Å². The molecule has 0 aliphatic heterocycles. The molecule has 1 fully saturated rings. The molecule has 1 aromatic heterocycles. The van der Waals surface area contributed by atoms with Gasteiger partial charge in [0.25, 0.3) is 0 Å². The highest BCUT2D eigenvalue weighted by Crippen LogP contribution is 2.33. The highest BCUT2D eigenvalue weighted by molar-refractivity contribution is 5.83. The van der Waals surface area contributed by atoms with Crippen LogP contribution < -0.4 is 0 Å². The third kappa shape index (κ3) is 1.38. The van der Waals surface area contributed by atoms with Crippen molar-refractivity contribution in [1.82, 2.24) is 4.57 Å². The molecule has 0 unspecified atom stereocenters. The lowest BCUT2D eigenvalue weighted by atomic mass is 10.2. The minimum absolute atomic E-state index is 0.753. The average molecular weight is 199 g/mol. The predicted octanol–water partition coefficient (Wildman–Crippen LogP) is 4.06. The van der Waals surface area contributed by atoms with Crippen molar-refractivity contribution in [2.24, 2.45) is 0 Å². The van der Waals surface area contributed by atoms with Gasteiger partial charge in [0, 0.05) is 23.1 Å². The minimum Gasteiger partial charge on any atom is -0.344 e. The number of para-hydroxylation sites is 1. The van der Waals surface area contributed by atoms with E-state index in [2.05, 4.69) is 42.0 Å². The van der Waals surface area contributed by atoms with Crippen LogP contribution in [-0.4, -0.2) is 4.57 Å². The Labute approximate surface area is 90.7 Å². The maximum atomic E-state index is 2.50. The largest absolute Gasteiger partial charge is 0.344 e. The molecular weight excluding hydrogens is 182 g/mol. The van der Waals surface area contributed by atoms with E-state index in [-0.39, 0.29) is 0 Å². The minimum atomic E-state index is 0.753. The van der Waals surface area contributed by atoms with Gasteiger partial charge in [-0.2, -0.15) is 0 Å². The molecule has 1 aromatic carbocycles. The van der Waals surface area contributed by atoms with Crippen molar-refractivity contribution in [3.05, 3.63) is 36.0 Å². The molecule has 0 atom stereocenters. The van der Waals surface area contributed by atoms with Gasteiger partial charge in [0.1, 0.15) is 0 Å². The van der Waals surface area contributed by atoms with Crippen LogP contribution in [0.15, 0.2) is 30.5 Å². The van der Waals surface area contributed by atoms with Crippen LogP contribution in [0.2, 0.25) is 0 Å². The molecule has 1 aliphatic carbocycles. The third-order valence-electron chi connectivity index (χ3n) is 3.66. The van der Waals surface area contributed by atoms with Crippen LogP contribution >= 0.6 is 0 Å². The van der Waals surface area contributed by atoms with Crippen LogP contribution in [0, 0.1) is 6.92 Å². The topological polar surface area (TPSA) is 4.93 Å². The van der Waals surface area contributed by atoms with Gasteiger partial charge in [-0.1, -0.05) is 31.0 Å². The highest BCUT2D eigenvalue weighted by atomic mass is 15.0. The summed E-state index contributed by atoms with van der Waals surface area (Å²) >= 11 is 0. The zero-order valence-electron chi connectivity index (χ0n) is 9.24. The second-order valence-electron chi connectivity index (χ2n) is 4.67. The Balaban J connectivity index is 2.17. The summed E-state index contributed by atoms with van der Waals surface area (Å²) in [6, 6.07) is 9.52. The van der Waals surface area contributed by atoms with Crippen LogP contribution in [0.1, 0.15) is 37.3 Å². The number of rotatable bonds is 1. The fourth-order valence-corrected chi connectivity index (χ4v) is 2.86. The first-order chi connectivity index (χ1) is 7.36. The van der Waals surface area contributed by atoms with Crippen molar-refractivity contribution in [3.63, 3.8) is 0 Å². The first kappa shape index (κ1) is 9.02. The molecule has 15 heavy (non-hydrogen) atoms. The van der Waals surface area contributed by atoms with E-state index in [1.165, 1.54) is 42.1 Å². The van der Waals surface area contributed by atoms with E-state index in [9.17, 15) is 0 Å². The number of benzene rings is 1. The number of hydrogen-bond donors (Lipinski definition) is 0. The summed E-state index contributed by atoms with van der Waals surface area (Å²) in [7, 11) is 0. The zero-order chi connectivity index (χ0) is 10.3. The maximum Gasteiger partial charge on any atom is 0.0485 e. The number of nitrogens with zero attached hydrogens (tertiary/aromatic N) is 1. The summed E-state index contributed by atoms with van der Waals surface area (Å²) in [5.74, 6) is 0. The second-order valence-corrected chi connectivity index (χ2v) is 4.67. The van der Waals surface area contributed by atoms with Crippen molar-refractivity contribution >= 4 is 10.9 Å². The molecule has 1 heteroatoms. The molecule has 2 aromatic rings. The fraction of sp³-hybridized carbons (Fsp3) is 0.429. The van der Waals surface area contributed by atoms with E-state index in [4.69, 9.17) is 0 Å². The molecule has 0 saturated heterocycles. The van der Waals surface area contributed by atoms with Crippen LogP contribution in [-0.2, 0) is 0 Å². The lowest BCUT2D eigenvalue weighted by molar-refractivity contribution is 0.535. The normalized spacial score (nSPS) is 17.7. The summed E-state index contributed by atoms with van der Waals surface area (Å²) in [6.45, 7) is 2.22. The van der Waals surface area contributed by atoms with Gasteiger partial charge in [-0.05, 0) is 31.4 Å². The van der Waals surface area contributed by atoms with Crippen molar-refractivity contribution in [2.45, 2.75) is 38.6 Å². The quantitative estimate of drug-likeness (QED) is 0.652. The summed E-state index contributed by atoms with van der Waals surface area (Å²) in [4.78, 5) is 0. The molecule has 0 N–H and O–H groups in total. The van der Waals surface area contributed by atoms with Crippen LogP contribution in [0.4, 0.5) is 0 Å². The molecule has 1 nitrogen and oxygen atoms in total. The van der Waals surface area contributed by atoms with Gasteiger partial charge >= 0.3 is 0 Å². The van der Waals surface area contributed by atoms with Gasteiger partial charge in [0.15, 0.2) is 0 Å². The molecule has 1 heterocycles. The fourth-order valence-electron chi connectivity index (χ4n) is 2.86. The number of hydrogen-bond acceptors (Lipinski definition) is 0. The predicted molar refractivity (Wildman–Crippen MR) is 64.2 cm³/mol. The van der Waals surface area contributed by atoms with Crippen LogP contribution in [0.5, 0.6) is 0 Å². The Bertz CT molecular complexity index is 475. The van der Waals surface area contributed by atoms with E-state index in [1.807, 2.05) is 0 Å². The number of aromatic nitrogens is 1. The number of fused-ring (bicyclic) bond motifs is 1. The van der Waals surface area contributed by atoms with Gasteiger partial charge in [-0.25, -0.2) is 0 Å². The third-order valence-corrected chi connectivity index (χ3v) is 3.66. The lowest BCUT2D eigenvalue weighted by Crippen LogP contribution is -2.02. The second kappa shape index (κ2) is 3.41. The smallest absolute Gasteiger partial charge is 0.0485 e. The first-order valence-corrected chi connectivity index (χ1v) is 5.92. The highest BCUT2D eigenvalue weighted by Gasteiger charge is 2.18. The van der Waals surface area contributed by atoms with Crippen molar-refractivity contribution in [3.8, 4) is 0 Å². The van der Waals surface area contributed by atoms with Gasteiger partial charge in [-0.3, -0.25) is 0 Å². The molecule has 3 rings (SSSR count). The molecule has 0 bridgehead atoms. The lowest BCUT2D eigenvalue weighted by Gasteiger charge is -2.12. The van der Waals surface area contributed by atoms with Crippen molar-refractivity contribution in [1.29, 1.82) is 0 Å². The summed E-state index contributed by atoms with van der Waals surface area (Å²) in [5.41, 5.74) is 2.83. The monoisotopic (exact) mass is 199 g/mol. The SMILES string of the molecule is Cc1cn(C2CCCC2)c2ccccc12. The molecule has 1 aliphatic rings. The first-order valence-electron chi connectivity index (χ1n) is 5.92. The Morgan fingerprint density at radius 1 is 1.13 bits per heavy atom. The molecule has 1 saturated carbocycles. The summed E-state index contributed by atoms with van der Waals surface area (Å²) in [5, 5.41) is 1.42. The van der Waals surface area contributed by atoms with Crippen LogP contribution in [0.3, 0.4) is 0 Å². The average Bonchev–Trinajstić information content (AvgIpc) is 2.87. The Hall–Kier alpha value is -1.24. The van der Waals surface area contributed by atoms with Gasteiger partial charge in [0.2, 0.25) is 0 Å². The summed E-state index contributed by atoms with van der Waals surface area (Å²) in [6.07, 6.45) is 7.85. The zero-order valence-corrected chi connectivity index (χ0v) is 9.24. The molecule has 78 valence electrons. The Morgan fingerprint density at radius 2 is 1.87 bits per heavy atom. The van der Waals surface area contributed by atoms with Gasteiger partial charge in [-0.15, -0.1) is 0 Å². The van der Waals surface area contributed by atoms with Crippen molar-refractivity contribution < 1.29 is 0 Å². The maximum absolute atomic E-state index is 2.50. The standard InChI is InChI=1S/C14H17N/c1-11-10-15(12-6-2-3-7-12)14-9-5-4-8-13(11)14/h4-5,8-10,12H,2-3,6-7H2,1H3. The van der Waals surface area contributed by atoms with E-state index >= 15 is 0 Å². The summed E-state index contributed by atoms with van der Waals surface area (Å²) < 4.78 is 2.50. The molecule has 0 spiro atoms. The molecule has 0 radical (unpaired) electrons. The Kier molecular flexibility index (Phi) is 2.05.